The molecular weight excluding hydrogens is 456 g/mol. The summed E-state index contributed by atoms with van der Waals surface area (Å²) in [7, 11) is 2.14. The van der Waals surface area contributed by atoms with E-state index in [-0.39, 0.29) is 6.04 Å². The Kier molecular flexibility index (Phi) is 5.67. The van der Waals surface area contributed by atoms with Gasteiger partial charge in [0, 0.05) is 36.3 Å². The number of fused-ring (bicyclic) bond motifs is 2. The maximum Gasteiger partial charge on any atom is 0.314 e. The van der Waals surface area contributed by atoms with Gasteiger partial charge in [-0.2, -0.15) is 10.2 Å². The molecule has 0 bridgehead atoms. The Bertz CT molecular complexity index is 1440. The molecule has 6 rings (SSSR count). The fourth-order valence-electron chi connectivity index (χ4n) is 5.58. The van der Waals surface area contributed by atoms with Crippen molar-refractivity contribution in [3.63, 3.8) is 0 Å². The first-order valence-corrected chi connectivity index (χ1v) is 12.5. The highest BCUT2D eigenvalue weighted by Crippen LogP contribution is 2.35. The van der Waals surface area contributed by atoms with E-state index in [9.17, 15) is 9.59 Å². The van der Waals surface area contributed by atoms with Crippen molar-refractivity contribution in [2.75, 3.05) is 32.0 Å². The van der Waals surface area contributed by atoms with Gasteiger partial charge in [-0.25, -0.2) is 0 Å². The van der Waals surface area contributed by atoms with E-state index in [2.05, 4.69) is 62.4 Å². The molecule has 0 radical (unpaired) electrons. The first-order chi connectivity index (χ1) is 17.5. The van der Waals surface area contributed by atoms with E-state index in [1.165, 1.54) is 6.20 Å². The Morgan fingerprint density at radius 1 is 1.08 bits per heavy atom. The van der Waals surface area contributed by atoms with E-state index in [0.29, 0.717) is 29.7 Å². The van der Waals surface area contributed by atoms with Crippen LogP contribution in [-0.2, 0) is 9.59 Å². The van der Waals surface area contributed by atoms with Crippen LogP contribution in [0.5, 0.6) is 0 Å². The molecule has 2 aliphatic rings. The smallest absolute Gasteiger partial charge is 0.314 e. The van der Waals surface area contributed by atoms with E-state index in [1.807, 2.05) is 6.07 Å². The molecule has 0 aliphatic carbocycles. The number of nitrogens with one attached hydrogen (secondary N) is 2. The van der Waals surface area contributed by atoms with Crippen LogP contribution in [0.25, 0.3) is 21.8 Å². The Balaban J connectivity index is 1.25. The van der Waals surface area contributed by atoms with Gasteiger partial charge < -0.3 is 15.1 Å². The van der Waals surface area contributed by atoms with Crippen molar-refractivity contribution in [2.24, 2.45) is 5.92 Å². The third kappa shape index (κ3) is 4.11. The van der Waals surface area contributed by atoms with Crippen LogP contribution in [-0.4, -0.2) is 73.3 Å². The maximum absolute atomic E-state index is 13.4. The fraction of sp³-hybridized carbons (Fsp3) is 0.423. The van der Waals surface area contributed by atoms with Gasteiger partial charge in [0.2, 0.25) is 0 Å². The number of piperidine rings is 1. The number of likely N-dealkylation sites (N-methyl/N-ethyl adjacent to an activating group) is 1. The van der Waals surface area contributed by atoms with E-state index in [1.54, 1.807) is 17.3 Å². The first kappa shape index (κ1) is 22.7. The Hall–Kier alpha value is -3.79. The number of hydrogen-bond acceptors (Lipinski definition) is 6. The topological polar surface area (TPSA) is 112 Å². The number of benzene rings is 1. The molecule has 3 atom stereocenters. The molecule has 0 spiro atoms. The summed E-state index contributed by atoms with van der Waals surface area (Å²) in [4.78, 5) is 34.7. The highest BCUT2D eigenvalue weighted by molar-refractivity contribution is 6.40. The van der Waals surface area contributed by atoms with Gasteiger partial charge in [-0.15, -0.1) is 0 Å². The van der Waals surface area contributed by atoms with Crippen LogP contribution < -0.4 is 5.32 Å². The molecule has 0 unspecified atom stereocenters. The number of H-pyrrole nitrogens is 1. The highest BCUT2D eigenvalue weighted by Gasteiger charge is 2.34. The Labute approximate surface area is 208 Å². The number of aromatic nitrogens is 5. The second kappa shape index (κ2) is 9.02. The molecule has 2 N–H and O–H groups in total. The lowest BCUT2D eigenvalue weighted by atomic mass is 9.89. The van der Waals surface area contributed by atoms with Crippen LogP contribution in [0.1, 0.15) is 43.8 Å². The monoisotopic (exact) mass is 486 g/mol. The molecule has 3 aromatic heterocycles. The van der Waals surface area contributed by atoms with Crippen molar-refractivity contribution in [2.45, 2.75) is 38.3 Å². The van der Waals surface area contributed by atoms with E-state index in [4.69, 9.17) is 5.10 Å². The lowest BCUT2D eigenvalue weighted by Gasteiger charge is -2.38. The van der Waals surface area contributed by atoms with E-state index < -0.39 is 11.8 Å². The summed E-state index contributed by atoms with van der Waals surface area (Å²) in [5, 5.41) is 16.2. The van der Waals surface area contributed by atoms with Crippen LogP contribution in [0.2, 0.25) is 0 Å². The van der Waals surface area contributed by atoms with Crippen molar-refractivity contribution in [3.05, 3.63) is 48.5 Å². The van der Waals surface area contributed by atoms with Gasteiger partial charge >= 0.3 is 11.8 Å². The average molecular weight is 487 g/mol. The van der Waals surface area contributed by atoms with Crippen molar-refractivity contribution in [1.29, 1.82) is 0 Å². The van der Waals surface area contributed by atoms with Gasteiger partial charge in [-0.1, -0.05) is 13.0 Å². The number of carbonyl (C=O) groups excluding carboxylic acids is 2. The van der Waals surface area contributed by atoms with Crippen molar-refractivity contribution in [3.8, 4) is 0 Å². The highest BCUT2D eigenvalue weighted by atomic mass is 16.2. The molecule has 4 aromatic rings. The number of anilines is 1. The zero-order valence-electron chi connectivity index (χ0n) is 20.5. The van der Waals surface area contributed by atoms with E-state index in [0.717, 1.165) is 54.2 Å². The summed E-state index contributed by atoms with van der Waals surface area (Å²) < 4.78 is 2.08. The summed E-state index contributed by atoms with van der Waals surface area (Å²) in [5.41, 5.74) is 3.08. The standard InChI is InChI=1S/C26H30N8O2/c1-16-3-6-23(17-4-5-21-18(9-17)14-34(31-21)20-7-8-32(2)15-20)33(13-16)26(36)25(35)29-22-12-27-10-19-11-28-30-24(19)22/h4-5,9-12,14,16,20,23H,3,6-8,13,15H2,1-2H3,(H,28,30)(H,29,35)/t16-,20-,23+/m0/s1. The lowest BCUT2D eigenvalue weighted by molar-refractivity contribution is -0.146. The van der Waals surface area contributed by atoms with Gasteiger partial charge in [0.1, 0.15) is 0 Å². The summed E-state index contributed by atoms with van der Waals surface area (Å²) in [6.45, 7) is 4.74. The summed E-state index contributed by atoms with van der Waals surface area (Å²) in [6.07, 6.45) is 9.83. The number of aromatic amines is 1. The van der Waals surface area contributed by atoms with Crippen LogP contribution in [0.4, 0.5) is 5.69 Å². The molecule has 10 nitrogen and oxygen atoms in total. The Morgan fingerprint density at radius 2 is 1.97 bits per heavy atom. The molecule has 5 heterocycles. The molecule has 186 valence electrons. The number of carbonyl (C=O) groups is 2. The summed E-state index contributed by atoms with van der Waals surface area (Å²) >= 11 is 0. The molecule has 0 saturated carbocycles. The number of amides is 2. The molecule has 2 fully saturated rings. The van der Waals surface area contributed by atoms with Crippen LogP contribution >= 0.6 is 0 Å². The third-order valence-corrected chi connectivity index (χ3v) is 7.55. The minimum Gasteiger partial charge on any atom is -0.327 e. The molecule has 2 saturated heterocycles. The van der Waals surface area contributed by atoms with Crippen molar-refractivity contribution < 1.29 is 9.59 Å². The number of pyridine rings is 1. The number of nitrogens with zero attached hydrogens (tertiary/aromatic N) is 6. The summed E-state index contributed by atoms with van der Waals surface area (Å²) in [6, 6.07) is 6.44. The predicted molar refractivity (Wildman–Crippen MR) is 136 cm³/mol. The maximum atomic E-state index is 13.4. The number of hydrogen-bond donors (Lipinski definition) is 2. The molecule has 1 aromatic carbocycles. The average Bonchev–Trinajstić information content (AvgIpc) is 3.62. The SMILES string of the molecule is C[C@H]1CC[C@H](c2ccc3nn([C@H]4CCN(C)C4)cc3c2)N(C(=O)C(=O)Nc2cncc3cn[nH]c23)C1. The molecule has 2 aliphatic heterocycles. The number of likely N-dealkylation sites (tertiary alicyclic amines) is 2. The first-order valence-electron chi connectivity index (χ1n) is 12.5. The zero-order valence-corrected chi connectivity index (χ0v) is 20.5. The lowest BCUT2D eigenvalue weighted by Crippen LogP contribution is -2.46. The van der Waals surface area contributed by atoms with Crippen LogP contribution in [0, 0.1) is 5.92 Å². The van der Waals surface area contributed by atoms with Crippen LogP contribution in [0.15, 0.2) is 43.0 Å². The van der Waals surface area contributed by atoms with E-state index >= 15 is 0 Å². The molecule has 2 amide bonds. The van der Waals surface area contributed by atoms with Crippen molar-refractivity contribution >= 4 is 39.3 Å². The van der Waals surface area contributed by atoms with Gasteiger partial charge in [-0.3, -0.25) is 24.4 Å². The van der Waals surface area contributed by atoms with Gasteiger partial charge in [0.25, 0.3) is 0 Å². The second-order valence-electron chi connectivity index (χ2n) is 10.3. The second-order valence-corrected chi connectivity index (χ2v) is 10.3. The van der Waals surface area contributed by atoms with Gasteiger partial charge in [0.05, 0.1) is 41.2 Å². The molecule has 10 heteroatoms. The zero-order chi connectivity index (χ0) is 24.8. The predicted octanol–water partition coefficient (Wildman–Crippen LogP) is 3.12. The molecule has 36 heavy (non-hydrogen) atoms. The minimum atomic E-state index is -0.669. The van der Waals surface area contributed by atoms with Gasteiger partial charge in [0.15, 0.2) is 0 Å². The van der Waals surface area contributed by atoms with Crippen molar-refractivity contribution in [1.82, 2.24) is 34.8 Å². The number of rotatable bonds is 3. The molecular formula is C26H30N8O2. The quantitative estimate of drug-likeness (QED) is 0.431. The fourth-order valence-corrected chi connectivity index (χ4v) is 5.58. The third-order valence-electron chi connectivity index (χ3n) is 7.55. The van der Waals surface area contributed by atoms with Gasteiger partial charge in [-0.05, 0) is 56.5 Å². The normalized spacial score (nSPS) is 22.9. The Morgan fingerprint density at radius 3 is 2.81 bits per heavy atom. The summed E-state index contributed by atoms with van der Waals surface area (Å²) in [5.74, 6) is -0.883. The largest absolute Gasteiger partial charge is 0.327 e. The minimum absolute atomic E-state index is 0.161. The van der Waals surface area contributed by atoms with Crippen LogP contribution in [0.3, 0.4) is 0 Å².